The number of carbonyl (C=O) groups excluding carboxylic acids is 2. The fourth-order valence-corrected chi connectivity index (χ4v) is 4.44. The van der Waals surface area contributed by atoms with Gasteiger partial charge in [-0.2, -0.15) is 0 Å². The lowest BCUT2D eigenvalue weighted by Crippen LogP contribution is -2.44. The number of allylic oxidation sites excluding steroid dienone is 3. The molecule has 2 unspecified atom stereocenters. The van der Waals surface area contributed by atoms with Gasteiger partial charge < -0.3 is 29.9 Å². The number of rotatable bonds is 4. The number of fused-ring (bicyclic) bond motifs is 2. The molecule has 9 heteroatoms. The Labute approximate surface area is 195 Å². The van der Waals surface area contributed by atoms with E-state index in [1.165, 1.54) is 12.2 Å². The van der Waals surface area contributed by atoms with Gasteiger partial charge in [0, 0.05) is 19.2 Å². The van der Waals surface area contributed by atoms with Gasteiger partial charge in [0.1, 0.15) is 23.0 Å². The van der Waals surface area contributed by atoms with Crippen molar-refractivity contribution in [2.24, 2.45) is 5.92 Å². The highest BCUT2D eigenvalue weighted by Gasteiger charge is 2.49. The van der Waals surface area contributed by atoms with Crippen molar-refractivity contribution in [3.63, 3.8) is 0 Å². The molecule has 1 aliphatic heterocycles. The van der Waals surface area contributed by atoms with Crippen molar-refractivity contribution in [1.82, 2.24) is 4.98 Å². The Bertz CT molecular complexity index is 1260. The van der Waals surface area contributed by atoms with Gasteiger partial charge in [-0.25, -0.2) is 4.98 Å². The average Bonchev–Trinajstić information content (AvgIpc) is 3.02. The summed E-state index contributed by atoms with van der Waals surface area (Å²) in [6, 6.07) is 10.7. The number of likely N-dealkylation sites (N-methyl/N-ethyl adjacent to an activating group) is 1. The second-order valence-electron chi connectivity index (χ2n) is 8.31. The summed E-state index contributed by atoms with van der Waals surface area (Å²) in [5.74, 6) is -1.87. The summed E-state index contributed by atoms with van der Waals surface area (Å²) >= 11 is 0. The van der Waals surface area contributed by atoms with Crippen LogP contribution in [0.25, 0.3) is 0 Å². The molecule has 0 spiro atoms. The molecule has 0 fully saturated rings. The second kappa shape index (κ2) is 8.44. The molecule has 2 heterocycles. The number of aliphatic hydroxyl groups is 3. The van der Waals surface area contributed by atoms with Gasteiger partial charge in [-0.1, -0.05) is 24.3 Å². The van der Waals surface area contributed by atoms with Gasteiger partial charge in [0.25, 0.3) is 0 Å². The lowest BCUT2D eigenvalue weighted by Gasteiger charge is -2.34. The van der Waals surface area contributed by atoms with Crippen LogP contribution < -0.4 is 14.5 Å². The maximum Gasteiger partial charge on any atom is 0.213 e. The number of hydrogen-bond acceptors (Lipinski definition) is 9. The van der Waals surface area contributed by atoms with Gasteiger partial charge in [-0.3, -0.25) is 9.59 Å². The maximum absolute atomic E-state index is 13.7. The molecule has 5 rings (SSSR count). The number of anilines is 2. The monoisotopic (exact) mass is 461 g/mol. The van der Waals surface area contributed by atoms with Crippen LogP contribution in [-0.4, -0.2) is 58.2 Å². The zero-order valence-corrected chi connectivity index (χ0v) is 18.4. The maximum atomic E-state index is 13.7. The van der Waals surface area contributed by atoms with Crippen LogP contribution in [0.15, 0.2) is 77.5 Å². The third-order valence-electron chi connectivity index (χ3n) is 6.21. The van der Waals surface area contributed by atoms with E-state index >= 15 is 0 Å². The van der Waals surface area contributed by atoms with Crippen molar-refractivity contribution in [2.75, 3.05) is 30.0 Å². The number of Topliss-reactive ketones (excluding diaryl/α,β-unsaturated/α-hetero) is 2. The molecule has 174 valence electrons. The Hall–Kier alpha value is -3.95. The number of aliphatic hydroxyl groups excluding tert-OH is 3. The molecular formula is C25H23N3O6. The first-order valence-corrected chi connectivity index (χ1v) is 10.8. The van der Waals surface area contributed by atoms with Gasteiger partial charge in [0.05, 0.1) is 42.6 Å². The fraction of sp³-hybridized carbons (Fsp3) is 0.240. The number of para-hydroxylation sites is 1. The van der Waals surface area contributed by atoms with Gasteiger partial charge >= 0.3 is 0 Å². The Morgan fingerprint density at radius 1 is 1.21 bits per heavy atom. The lowest BCUT2D eigenvalue weighted by atomic mass is 9.77. The summed E-state index contributed by atoms with van der Waals surface area (Å²) in [5.41, 5.74) is 1.13. The molecule has 0 bridgehead atoms. The van der Waals surface area contributed by atoms with E-state index in [9.17, 15) is 24.9 Å². The molecule has 2 aliphatic carbocycles. The predicted molar refractivity (Wildman–Crippen MR) is 123 cm³/mol. The van der Waals surface area contributed by atoms with Crippen molar-refractivity contribution in [2.45, 2.75) is 12.6 Å². The Morgan fingerprint density at radius 3 is 2.74 bits per heavy atom. The summed E-state index contributed by atoms with van der Waals surface area (Å²) < 4.78 is 5.99. The summed E-state index contributed by atoms with van der Waals surface area (Å²) in [7, 11) is 1.80. The first-order chi connectivity index (χ1) is 16.4. The molecule has 3 N–H and O–H groups in total. The van der Waals surface area contributed by atoms with Crippen LogP contribution in [0.4, 0.5) is 11.5 Å². The van der Waals surface area contributed by atoms with E-state index < -0.39 is 23.6 Å². The quantitative estimate of drug-likeness (QED) is 0.623. The highest BCUT2D eigenvalue weighted by atomic mass is 16.5. The Balaban J connectivity index is 1.66. The lowest BCUT2D eigenvalue weighted by molar-refractivity contribution is -0.127. The van der Waals surface area contributed by atoms with Crippen LogP contribution in [0.5, 0.6) is 5.75 Å². The minimum atomic E-state index is -1.25. The smallest absolute Gasteiger partial charge is 0.213 e. The van der Waals surface area contributed by atoms with E-state index in [0.29, 0.717) is 23.8 Å². The molecule has 9 nitrogen and oxygen atoms in total. The number of benzene rings is 1. The first kappa shape index (κ1) is 21.9. The normalized spacial score (nSPS) is 21.6. The SMILES string of the molecule is CN(CCO)c1ccc(N2Cc3ccccc3OC3=C2C(=O)C2=C(O)C=CC(O)C2C3=O)cn1. The van der Waals surface area contributed by atoms with Crippen LogP contribution >= 0.6 is 0 Å². The van der Waals surface area contributed by atoms with E-state index in [1.807, 2.05) is 12.1 Å². The van der Waals surface area contributed by atoms with E-state index in [0.717, 1.165) is 5.56 Å². The van der Waals surface area contributed by atoms with Crippen LogP contribution in [0.3, 0.4) is 0 Å². The molecule has 34 heavy (non-hydrogen) atoms. The molecule has 0 saturated heterocycles. The molecule has 1 aromatic heterocycles. The third kappa shape index (κ3) is 3.46. The van der Waals surface area contributed by atoms with Crippen molar-refractivity contribution in [1.29, 1.82) is 0 Å². The average molecular weight is 461 g/mol. The number of ether oxygens (including phenoxy) is 1. The van der Waals surface area contributed by atoms with Crippen molar-refractivity contribution in [3.05, 3.63) is 83.1 Å². The number of ketones is 2. The fourth-order valence-electron chi connectivity index (χ4n) is 4.44. The van der Waals surface area contributed by atoms with E-state index in [1.54, 1.807) is 47.3 Å². The van der Waals surface area contributed by atoms with Crippen LogP contribution in [-0.2, 0) is 16.1 Å². The Morgan fingerprint density at radius 2 is 2.00 bits per heavy atom. The first-order valence-electron chi connectivity index (χ1n) is 10.8. The van der Waals surface area contributed by atoms with Gasteiger partial charge in [0.2, 0.25) is 11.6 Å². The van der Waals surface area contributed by atoms with E-state index in [-0.39, 0.29) is 35.9 Å². The highest BCUT2D eigenvalue weighted by Crippen LogP contribution is 2.42. The molecule has 3 aliphatic rings. The van der Waals surface area contributed by atoms with Crippen molar-refractivity contribution < 1.29 is 29.6 Å². The minimum Gasteiger partial charge on any atom is -0.508 e. The topological polar surface area (TPSA) is 123 Å². The zero-order chi connectivity index (χ0) is 24.0. The highest BCUT2D eigenvalue weighted by molar-refractivity contribution is 6.23. The largest absolute Gasteiger partial charge is 0.508 e. The summed E-state index contributed by atoms with van der Waals surface area (Å²) in [6.07, 6.45) is 2.84. The number of carbonyl (C=O) groups is 2. The van der Waals surface area contributed by atoms with E-state index in [2.05, 4.69) is 4.98 Å². The van der Waals surface area contributed by atoms with Crippen molar-refractivity contribution >= 4 is 23.1 Å². The standard InChI is InChI=1S/C25H23N3O6/c1-27(10-11-29)19-9-6-15(12-26-19)28-13-14-4-2-3-5-18(14)34-25-22(28)23(32)20-16(30)7-8-17(31)21(20)24(25)33/h2-9,12,17,21,29-31H,10-11,13H2,1H3. The molecular weight excluding hydrogens is 438 g/mol. The third-order valence-corrected chi connectivity index (χ3v) is 6.21. The number of pyridine rings is 1. The van der Waals surface area contributed by atoms with Gasteiger partial charge in [-0.15, -0.1) is 0 Å². The molecule has 0 radical (unpaired) electrons. The minimum absolute atomic E-state index is 0.0141. The van der Waals surface area contributed by atoms with Crippen LogP contribution in [0, 0.1) is 5.92 Å². The number of aromatic nitrogens is 1. The molecule has 1 aromatic carbocycles. The number of hydrogen-bond donors (Lipinski definition) is 3. The molecule has 2 aromatic rings. The van der Waals surface area contributed by atoms with Crippen LogP contribution in [0.1, 0.15) is 5.56 Å². The predicted octanol–water partition coefficient (Wildman–Crippen LogP) is 1.63. The van der Waals surface area contributed by atoms with Gasteiger partial charge in [0.15, 0.2) is 5.76 Å². The molecule has 0 saturated carbocycles. The van der Waals surface area contributed by atoms with Crippen molar-refractivity contribution in [3.8, 4) is 5.75 Å². The summed E-state index contributed by atoms with van der Waals surface area (Å²) in [4.78, 5) is 35.1. The molecule has 2 atom stereocenters. The summed E-state index contributed by atoms with van der Waals surface area (Å²) in [6.45, 7) is 0.607. The van der Waals surface area contributed by atoms with Crippen LogP contribution in [0.2, 0.25) is 0 Å². The molecule has 0 amide bonds. The zero-order valence-electron chi connectivity index (χ0n) is 18.4. The van der Waals surface area contributed by atoms with E-state index in [4.69, 9.17) is 4.74 Å². The second-order valence-corrected chi connectivity index (χ2v) is 8.31. The Kier molecular flexibility index (Phi) is 5.43. The summed E-state index contributed by atoms with van der Waals surface area (Å²) in [5, 5.41) is 30.1. The van der Waals surface area contributed by atoms with Gasteiger partial charge in [-0.05, 0) is 24.3 Å². The number of nitrogens with zero attached hydrogens (tertiary/aromatic N) is 3.